The van der Waals surface area contributed by atoms with Gasteiger partial charge in [0.05, 0.1) is 18.1 Å². The molecular weight excluding hydrogens is 287 g/mol. The average Bonchev–Trinajstić information content (AvgIpc) is 2.84. The molecule has 1 aromatic carbocycles. The minimum Gasteiger partial charge on any atom is -0.486 e. The summed E-state index contributed by atoms with van der Waals surface area (Å²) in [5, 5.41) is 0.470. The molecule has 104 valence electrons. The maximum Gasteiger partial charge on any atom is 0.162 e. The van der Waals surface area contributed by atoms with E-state index in [0.717, 1.165) is 17.7 Å². The Morgan fingerprint density at radius 1 is 1.21 bits per heavy atom. The fraction of sp³-hybridized carbons (Fsp3) is 0.571. The largest absolute Gasteiger partial charge is 0.486 e. The topological polar surface area (TPSA) is 27.7 Å². The van der Waals surface area contributed by atoms with E-state index in [9.17, 15) is 0 Å². The van der Waals surface area contributed by atoms with Crippen molar-refractivity contribution in [3.05, 3.63) is 22.7 Å². The fourth-order valence-corrected chi connectivity index (χ4v) is 3.28. The highest BCUT2D eigenvalue weighted by atomic mass is 35.5. The first-order valence-corrected chi connectivity index (χ1v) is 7.31. The highest BCUT2D eigenvalue weighted by Crippen LogP contribution is 2.44. The number of fused-ring (bicyclic) bond motifs is 1. The van der Waals surface area contributed by atoms with Crippen molar-refractivity contribution in [2.45, 2.75) is 24.8 Å². The van der Waals surface area contributed by atoms with E-state index in [1.807, 2.05) is 6.07 Å². The number of hydrogen-bond acceptors (Lipinski definition) is 3. The molecule has 1 fully saturated rings. The number of rotatable bonds is 2. The van der Waals surface area contributed by atoms with Crippen molar-refractivity contribution in [3.8, 4) is 11.5 Å². The highest BCUT2D eigenvalue weighted by molar-refractivity contribution is 6.33. The van der Waals surface area contributed by atoms with E-state index in [2.05, 4.69) is 6.92 Å². The maximum absolute atomic E-state index is 6.56. The van der Waals surface area contributed by atoms with Crippen molar-refractivity contribution in [3.63, 3.8) is 0 Å². The third-order valence-electron chi connectivity index (χ3n) is 3.60. The van der Waals surface area contributed by atoms with E-state index in [4.69, 9.17) is 37.4 Å². The summed E-state index contributed by atoms with van der Waals surface area (Å²) in [5.74, 6) is 1.71. The van der Waals surface area contributed by atoms with Crippen molar-refractivity contribution >= 4 is 23.2 Å². The van der Waals surface area contributed by atoms with Crippen LogP contribution >= 0.6 is 23.2 Å². The highest BCUT2D eigenvalue weighted by Gasteiger charge is 2.31. The molecule has 19 heavy (non-hydrogen) atoms. The van der Waals surface area contributed by atoms with Gasteiger partial charge in [-0.1, -0.05) is 11.6 Å². The number of halogens is 2. The molecule has 2 heterocycles. The summed E-state index contributed by atoms with van der Waals surface area (Å²) in [5.41, 5.74) is 0.898. The smallest absolute Gasteiger partial charge is 0.162 e. The summed E-state index contributed by atoms with van der Waals surface area (Å²) in [4.78, 5) is 0. The second kappa shape index (κ2) is 5.39. The Morgan fingerprint density at radius 3 is 2.53 bits per heavy atom. The Labute approximate surface area is 122 Å². The summed E-state index contributed by atoms with van der Waals surface area (Å²) in [7, 11) is 0. The summed E-state index contributed by atoms with van der Waals surface area (Å²) in [6, 6.07) is 3.69. The molecule has 0 radical (unpaired) electrons. The molecule has 1 aromatic rings. The lowest BCUT2D eigenvalue weighted by Gasteiger charge is -2.23. The van der Waals surface area contributed by atoms with Gasteiger partial charge in [-0.2, -0.15) is 0 Å². The van der Waals surface area contributed by atoms with E-state index in [1.54, 1.807) is 6.07 Å². The lowest BCUT2D eigenvalue weighted by atomic mass is 9.96. The van der Waals surface area contributed by atoms with Gasteiger partial charge in [0.2, 0.25) is 0 Å². The Kier molecular flexibility index (Phi) is 3.79. The standard InChI is InChI=1S/C14H16Cl2O3/c1-8-4-9(7-19-8)14(16)10-5-12-13(6-11(10)15)18-3-2-17-12/h5-6,8-9,14H,2-4,7H2,1H3. The number of alkyl halides is 1. The molecule has 0 aromatic heterocycles. The van der Waals surface area contributed by atoms with Crippen LogP contribution < -0.4 is 9.47 Å². The number of hydrogen-bond donors (Lipinski definition) is 0. The molecule has 5 heteroatoms. The van der Waals surface area contributed by atoms with Crippen molar-refractivity contribution in [2.75, 3.05) is 19.8 Å². The molecule has 3 atom stereocenters. The van der Waals surface area contributed by atoms with Gasteiger partial charge in [-0.3, -0.25) is 0 Å². The lowest BCUT2D eigenvalue weighted by Crippen LogP contribution is -2.16. The van der Waals surface area contributed by atoms with Gasteiger partial charge in [0.1, 0.15) is 13.2 Å². The summed E-state index contributed by atoms with van der Waals surface area (Å²) >= 11 is 12.9. The van der Waals surface area contributed by atoms with E-state index in [-0.39, 0.29) is 17.4 Å². The van der Waals surface area contributed by atoms with Crippen LogP contribution in [0.3, 0.4) is 0 Å². The molecule has 3 unspecified atom stereocenters. The normalized spacial score (nSPS) is 27.3. The molecule has 0 N–H and O–H groups in total. The minimum atomic E-state index is -0.159. The van der Waals surface area contributed by atoms with Crippen LogP contribution in [0, 0.1) is 5.92 Å². The van der Waals surface area contributed by atoms with Crippen LogP contribution in [-0.4, -0.2) is 25.9 Å². The Morgan fingerprint density at radius 2 is 1.89 bits per heavy atom. The van der Waals surface area contributed by atoms with Gasteiger partial charge in [0.25, 0.3) is 0 Å². The van der Waals surface area contributed by atoms with E-state index in [1.165, 1.54) is 0 Å². The zero-order chi connectivity index (χ0) is 13.4. The summed E-state index contributed by atoms with van der Waals surface area (Å²) in [6.45, 7) is 3.86. The SMILES string of the molecule is CC1CC(C(Cl)c2cc3c(cc2Cl)OCCO3)CO1. The molecule has 2 aliphatic rings. The van der Waals surface area contributed by atoms with E-state index >= 15 is 0 Å². The summed E-state index contributed by atoms with van der Waals surface area (Å²) < 4.78 is 16.7. The molecular formula is C14H16Cl2O3. The first-order valence-electron chi connectivity index (χ1n) is 6.50. The Bertz CT molecular complexity index is 478. The van der Waals surface area contributed by atoms with Crippen LogP contribution in [0.5, 0.6) is 11.5 Å². The minimum absolute atomic E-state index is 0.159. The lowest BCUT2D eigenvalue weighted by molar-refractivity contribution is 0.119. The average molecular weight is 303 g/mol. The number of ether oxygens (including phenoxy) is 3. The second-order valence-electron chi connectivity index (χ2n) is 5.06. The Hall–Kier alpha value is -0.640. The molecule has 0 spiro atoms. The molecule has 0 aliphatic carbocycles. The van der Waals surface area contributed by atoms with Gasteiger partial charge in [0, 0.05) is 17.0 Å². The van der Waals surface area contributed by atoms with E-state index < -0.39 is 0 Å². The van der Waals surface area contributed by atoms with Gasteiger partial charge in [0.15, 0.2) is 11.5 Å². The molecule has 0 amide bonds. The van der Waals surface area contributed by atoms with Gasteiger partial charge >= 0.3 is 0 Å². The first-order chi connectivity index (χ1) is 9.15. The third-order valence-corrected chi connectivity index (χ3v) is 4.52. The van der Waals surface area contributed by atoms with Gasteiger partial charge in [-0.05, 0) is 25.0 Å². The van der Waals surface area contributed by atoms with E-state index in [0.29, 0.717) is 30.6 Å². The molecule has 3 nitrogen and oxygen atoms in total. The quantitative estimate of drug-likeness (QED) is 0.777. The predicted molar refractivity (Wildman–Crippen MR) is 74.6 cm³/mol. The van der Waals surface area contributed by atoms with Crippen LogP contribution in [0.25, 0.3) is 0 Å². The van der Waals surface area contributed by atoms with Crippen molar-refractivity contribution in [1.82, 2.24) is 0 Å². The van der Waals surface area contributed by atoms with Crippen LogP contribution in [0.4, 0.5) is 0 Å². The van der Waals surface area contributed by atoms with Gasteiger partial charge < -0.3 is 14.2 Å². The van der Waals surface area contributed by atoms with Crippen molar-refractivity contribution in [1.29, 1.82) is 0 Å². The third kappa shape index (κ3) is 2.64. The van der Waals surface area contributed by atoms with Crippen LogP contribution in [0.2, 0.25) is 5.02 Å². The zero-order valence-corrected chi connectivity index (χ0v) is 12.2. The molecule has 1 saturated heterocycles. The Balaban J connectivity index is 1.87. The van der Waals surface area contributed by atoms with Gasteiger partial charge in [-0.25, -0.2) is 0 Å². The monoisotopic (exact) mass is 302 g/mol. The van der Waals surface area contributed by atoms with Gasteiger partial charge in [-0.15, -0.1) is 11.6 Å². The van der Waals surface area contributed by atoms with Crippen LogP contribution in [0.15, 0.2) is 12.1 Å². The predicted octanol–water partition coefficient (Wildman–Crippen LogP) is 3.82. The molecule has 3 rings (SSSR count). The van der Waals surface area contributed by atoms with Crippen LogP contribution in [0.1, 0.15) is 24.3 Å². The van der Waals surface area contributed by atoms with Crippen molar-refractivity contribution in [2.24, 2.45) is 5.92 Å². The fourth-order valence-electron chi connectivity index (χ4n) is 2.60. The molecule has 2 aliphatic heterocycles. The molecule has 0 saturated carbocycles. The first kappa shape index (κ1) is 13.3. The second-order valence-corrected chi connectivity index (χ2v) is 5.94. The summed E-state index contributed by atoms with van der Waals surface area (Å²) in [6.07, 6.45) is 1.22. The zero-order valence-electron chi connectivity index (χ0n) is 10.7. The van der Waals surface area contributed by atoms with Crippen molar-refractivity contribution < 1.29 is 14.2 Å². The number of benzene rings is 1. The molecule has 0 bridgehead atoms. The maximum atomic E-state index is 6.56. The van der Waals surface area contributed by atoms with Crippen LogP contribution in [-0.2, 0) is 4.74 Å².